The molecule has 1 unspecified atom stereocenters. The zero-order valence-corrected chi connectivity index (χ0v) is 49.7. The molecule has 0 aliphatic heterocycles. The van der Waals surface area contributed by atoms with Gasteiger partial charge in [0.1, 0.15) is 13.2 Å². The molecule has 77 heavy (non-hydrogen) atoms. The number of ether oxygens (including phenoxy) is 3. The molecule has 0 amide bonds. The minimum Gasteiger partial charge on any atom is -0.462 e. The zero-order valence-electron chi connectivity index (χ0n) is 49.7. The van der Waals surface area contributed by atoms with E-state index in [1.807, 2.05) is 0 Å². The molecule has 0 aliphatic carbocycles. The van der Waals surface area contributed by atoms with Crippen LogP contribution in [-0.2, 0) is 28.6 Å². The molecule has 0 fully saturated rings. The zero-order chi connectivity index (χ0) is 55.7. The standard InChI is InChI=1S/C71H114O6/c1-4-7-10-13-16-19-22-25-27-29-30-31-32-33-34-35-36-37-38-39-40-42-43-46-49-52-55-58-61-64-70(73)76-67-68(66-75-69(72)63-60-57-54-51-48-45-24-21-18-15-12-9-6-3)77-71(74)65-62-59-56-53-50-47-44-41-28-26-23-20-17-14-11-8-5-2/h7-8,10-11,16-17,19-20,25-28,30-31,33-34,36-37,39-40,43-44,46-47,68H,4-6,9,12-15,18,21-24,29,32,35,38,41-42,45,48-67H2,1-3H3/b10-7-,11-8-,19-16-,20-17-,27-25-,28-26-,31-30-,34-33-,37-36-,40-39-,46-43-,47-44-. The number of allylic oxidation sites excluding steroid dienone is 24. The summed E-state index contributed by atoms with van der Waals surface area (Å²) < 4.78 is 16.9. The highest BCUT2D eigenvalue weighted by molar-refractivity contribution is 5.71. The monoisotopic (exact) mass is 1060 g/mol. The van der Waals surface area contributed by atoms with Crippen LogP contribution in [0, 0.1) is 0 Å². The van der Waals surface area contributed by atoms with Crippen LogP contribution >= 0.6 is 0 Å². The van der Waals surface area contributed by atoms with Crippen molar-refractivity contribution in [3.63, 3.8) is 0 Å². The third-order valence-corrected chi connectivity index (χ3v) is 12.8. The highest BCUT2D eigenvalue weighted by atomic mass is 16.6. The molecule has 0 aromatic heterocycles. The fourth-order valence-electron chi connectivity index (χ4n) is 8.21. The average molecular weight is 1060 g/mol. The lowest BCUT2D eigenvalue weighted by molar-refractivity contribution is -0.167. The maximum absolute atomic E-state index is 12.9. The SMILES string of the molecule is CC/C=C\C/C=C\C/C=C\C/C=C\C/C=C\C/C=C\C/C=C\C/C=C\CCCCCCC(=O)OCC(COC(=O)CCCCCCCCCCCCCCC)OC(=O)CCCCCC/C=C\C/C=C\C/C=C\C/C=C\CC. The molecule has 0 radical (unpaired) electrons. The predicted octanol–water partition coefficient (Wildman–Crippen LogP) is 21.5. The Hall–Kier alpha value is -4.71. The number of unbranched alkanes of at least 4 members (excludes halogenated alkanes) is 20. The van der Waals surface area contributed by atoms with E-state index in [1.54, 1.807) is 0 Å². The summed E-state index contributed by atoms with van der Waals surface area (Å²) in [6.45, 7) is 6.37. The Balaban J connectivity index is 4.42. The molecular weight excluding hydrogens is 949 g/mol. The Morgan fingerprint density at radius 1 is 0.273 bits per heavy atom. The van der Waals surface area contributed by atoms with Gasteiger partial charge in [-0.1, -0.05) is 269 Å². The van der Waals surface area contributed by atoms with Crippen LogP contribution in [0.15, 0.2) is 146 Å². The van der Waals surface area contributed by atoms with Crippen molar-refractivity contribution < 1.29 is 28.6 Å². The van der Waals surface area contributed by atoms with E-state index in [1.165, 1.54) is 64.2 Å². The summed E-state index contributed by atoms with van der Waals surface area (Å²) >= 11 is 0. The molecule has 0 saturated heterocycles. The lowest BCUT2D eigenvalue weighted by Gasteiger charge is -2.18. The van der Waals surface area contributed by atoms with Crippen LogP contribution in [-0.4, -0.2) is 37.2 Å². The van der Waals surface area contributed by atoms with Gasteiger partial charge < -0.3 is 14.2 Å². The van der Waals surface area contributed by atoms with E-state index in [0.717, 1.165) is 161 Å². The fraction of sp³-hybridized carbons (Fsp3) is 0.620. The van der Waals surface area contributed by atoms with E-state index in [-0.39, 0.29) is 37.5 Å². The van der Waals surface area contributed by atoms with Crippen molar-refractivity contribution in [1.29, 1.82) is 0 Å². The van der Waals surface area contributed by atoms with Crippen LogP contribution in [0.25, 0.3) is 0 Å². The average Bonchev–Trinajstić information content (AvgIpc) is 3.43. The quantitative estimate of drug-likeness (QED) is 0.0261. The van der Waals surface area contributed by atoms with Gasteiger partial charge >= 0.3 is 17.9 Å². The molecule has 0 saturated carbocycles. The van der Waals surface area contributed by atoms with E-state index in [4.69, 9.17) is 14.2 Å². The van der Waals surface area contributed by atoms with Gasteiger partial charge in [0.2, 0.25) is 0 Å². The Labute approximate surface area is 474 Å². The van der Waals surface area contributed by atoms with Gasteiger partial charge in [-0.15, -0.1) is 0 Å². The van der Waals surface area contributed by atoms with E-state index in [0.29, 0.717) is 12.8 Å². The maximum atomic E-state index is 12.9. The van der Waals surface area contributed by atoms with Gasteiger partial charge in [-0.2, -0.15) is 0 Å². The van der Waals surface area contributed by atoms with E-state index < -0.39 is 6.10 Å². The first-order chi connectivity index (χ1) is 38.0. The second-order valence-electron chi connectivity index (χ2n) is 20.2. The highest BCUT2D eigenvalue weighted by Gasteiger charge is 2.19. The summed E-state index contributed by atoms with van der Waals surface area (Å²) in [4.78, 5) is 38.3. The molecule has 0 aromatic rings. The van der Waals surface area contributed by atoms with Gasteiger partial charge in [-0.05, 0) is 122 Å². The molecule has 0 heterocycles. The molecule has 0 aliphatic rings. The van der Waals surface area contributed by atoms with Crippen LogP contribution in [0.4, 0.5) is 0 Å². The van der Waals surface area contributed by atoms with Crippen LogP contribution in [0.5, 0.6) is 0 Å². The molecule has 6 nitrogen and oxygen atoms in total. The second kappa shape index (κ2) is 63.8. The van der Waals surface area contributed by atoms with Gasteiger partial charge in [0.05, 0.1) is 0 Å². The second-order valence-corrected chi connectivity index (χ2v) is 20.2. The number of hydrogen-bond donors (Lipinski definition) is 0. The smallest absolute Gasteiger partial charge is 0.306 e. The lowest BCUT2D eigenvalue weighted by atomic mass is 10.0. The van der Waals surface area contributed by atoms with Crippen LogP contribution < -0.4 is 0 Å². The first-order valence-electron chi connectivity index (χ1n) is 31.3. The van der Waals surface area contributed by atoms with Crippen LogP contribution in [0.3, 0.4) is 0 Å². The molecule has 0 bridgehead atoms. The minimum atomic E-state index is -0.807. The van der Waals surface area contributed by atoms with Crippen molar-refractivity contribution in [2.75, 3.05) is 13.2 Å². The van der Waals surface area contributed by atoms with Crippen molar-refractivity contribution >= 4 is 17.9 Å². The Morgan fingerprint density at radius 2 is 0.506 bits per heavy atom. The summed E-state index contributed by atoms with van der Waals surface area (Å²) in [7, 11) is 0. The van der Waals surface area contributed by atoms with Crippen molar-refractivity contribution in [3.8, 4) is 0 Å². The number of esters is 3. The first-order valence-corrected chi connectivity index (χ1v) is 31.3. The summed E-state index contributed by atoms with van der Waals surface area (Å²) in [6, 6.07) is 0. The van der Waals surface area contributed by atoms with Gasteiger partial charge in [-0.25, -0.2) is 0 Å². The fourth-order valence-corrected chi connectivity index (χ4v) is 8.21. The van der Waals surface area contributed by atoms with Crippen molar-refractivity contribution in [2.45, 2.75) is 271 Å². The molecule has 434 valence electrons. The summed E-state index contributed by atoms with van der Waals surface area (Å²) in [6.07, 6.45) is 91.3. The highest BCUT2D eigenvalue weighted by Crippen LogP contribution is 2.15. The van der Waals surface area contributed by atoms with Crippen molar-refractivity contribution in [3.05, 3.63) is 146 Å². The molecule has 0 spiro atoms. The Kier molecular flexibility index (Phi) is 59.9. The van der Waals surface area contributed by atoms with E-state index in [9.17, 15) is 14.4 Å². The van der Waals surface area contributed by atoms with Gasteiger partial charge in [0.25, 0.3) is 0 Å². The van der Waals surface area contributed by atoms with Crippen molar-refractivity contribution in [2.24, 2.45) is 0 Å². The molecule has 6 heteroatoms. The van der Waals surface area contributed by atoms with Crippen molar-refractivity contribution in [1.82, 2.24) is 0 Å². The van der Waals surface area contributed by atoms with Gasteiger partial charge in [0.15, 0.2) is 6.10 Å². The molecule has 0 aromatic carbocycles. The third-order valence-electron chi connectivity index (χ3n) is 12.8. The lowest BCUT2D eigenvalue weighted by Crippen LogP contribution is -2.30. The maximum Gasteiger partial charge on any atom is 0.306 e. The van der Waals surface area contributed by atoms with Gasteiger partial charge in [-0.3, -0.25) is 14.4 Å². The number of carbonyl (C=O) groups is 3. The number of hydrogen-bond acceptors (Lipinski definition) is 6. The topological polar surface area (TPSA) is 78.9 Å². The Bertz CT molecular complexity index is 1700. The molecule has 0 rings (SSSR count). The van der Waals surface area contributed by atoms with Crippen LogP contribution in [0.1, 0.15) is 265 Å². The van der Waals surface area contributed by atoms with E-state index in [2.05, 4.69) is 167 Å². The van der Waals surface area contributed by atoms with Gasteiger partial charge in [0, 0.05) is 19.3 Å². The number of carbonyl (C=O) groups excluding carboxylic acids is 3. The number of rotatable bonds is 55. The van der Waals surface area contributed by atoms with Crippen LogP contribution in [0.2, 0.25) is 0 Å². The molecule has 1 atom stereocenters. The third kappa shape index (κ3) is 62.0. The Morgan fingerprint density at radius 3 is 0.792 bits per heavy atom. The predicted molar refractivity (Wildman–Crippen MR) is 334 cm³/mol. The minimum absolute atomic E-state index is 0.0993. The first kappa shape index (κ1) is 72.3. The molecular formula is C71H114O6. The summed E-state index contributed by atoms with van der Waals surface area (Å²) in [5.74, 6) is -0.950. The van der Waals surface area contributed by atoms with E-state index >= 15 is 0 Å². The molecule has 0 N–H and O–H groups in total. The summed E-state index contributed by atoms with van der Waals surface area (Å²) in [5, 5.41) is 0. The normalized spacial score (nSPS) is 13.1. The summed E-state index contributed by atoms with van der Waals surface area (Å²) in [5.41, 5.74) is 0. The largest absolute Gasteiger partial charge is 0.462 e.